The highest BCUT2D eigenvalue weighted by molar-refractivity contribution is 8.16. The van der Waals surface area contributed by atoms with Crippen molar-refractivity contribution >= 4 is 35.8 Å². The fraction of sp³-hybridized carbons (Fsp3) is 0.667. The van der Waals surface area contributed by atoms with Crippen LogP contribution < -0.4 is 9.47 Å². The Morgan fingerprint density at radius 1 is 0.667 bits per heavy atom. The van der Waals surface area contributed by atoms with Gasteiger partial charge in [-0.1, -0.05) is 50.3 Å². The Morgan fingerprint density at radius 3 is 1.48 bits per heavy atom. The normalized spacial score (nSPS) is 25.7. The maximum atomic E-state index is 11.2. The Bertz CT molecular complexity index is 1930. The molecule has 4 aliphatic heterocycles. The van der Waals surface area contributed by atoms with Crippen LogP contribution in [-0.4, -0.2) is 180 Å². The summed E-state index contributed by atoms with van der Waals surface area (Å²) in [5.74, 6) is 1.62. The van der Waals surface area contributed by atoms with E-state index in [1.807, 2.05) is 114 Å². The van der Waals surface area contributed by atoms with E-state index in [4.69, 9.17) is 67.8 Å². The highest BCUT2D eigenvalue weighted by Crippen LogP contribution is 2.33. The van der Waals surface area contributed by atoms with Gasteiger partial charge in [0.15, 0.2) is 23.7 Å². The van der Waals surface area contributed by atoms with Crippen molar-refractivity contribution in [2.75, 3.05) is 59.3 Å². The summed E-state index contributed by atoms with van der Waals surface area (Å²) in [6.45, 7) is 17.8. The van der Waals surface area contributed by atoms with E-state index in [1.165, 1.54) is 19.3 Å². The van der Waals surface area contributed by atoms with E-state index >= 15 is 0 Å². The summed E-state index contributed by atoms with van der Waals surface area (Å²) in [6, 6.07) is 15.4. The average Bonchev–Trinajstić information content (AvgIpc) is 4.08. The second-order valence-electron chi connectivity index (χ2n) is 18.9. The fourth-order valence-corrected chi connectivity index (χ4v) is 10.1. The summed E-state index contributed by atoms with van der Waals surface area (Å²) < 4.78 is 66.1. The van der Waals surface area contributed by atoms with E-state index < -0.39 is 54.0 Å². The molecule has 0 bridgehead atoms. The van der Waals surface area contributed by atoms with Crippen LogP contribution in [0.15, 0.2) is 72.8 Å². The number of methoxy groups -OCH3 is 3. The Labute approximate surface area is 451 Å². The number of hydrogen-bond acceptors (Lipinski definition) is 21. The lowest BCUT2D eigenvalue weighted by molar-refractivity contribution is -0.252. The van der Waals surface area contributed by atoms with Crippen LogP contribution in [0.4, 0.5) is 0 Å². The number of aliphatic hydroxyl groups is 5. The first-order valence-corrected chi connectivity index (χ1v) is 27.2. The van der Waals surface area contributed by atoms with E-state index in [-0.39, 0.29) is 37.1 Å². The molecule has 0 saturated carbocycles. The van der Waals surface area contributed by atoms with Gasteiger partial charge in [-0.25, -0.2) is 4.79 Å². The highest BCUT2D eigenvalue weighted by atomic mass is 32.2. The van der Waals surface area contributed by atoms with Crippen molar-refractivity contribution in [3.05, 3.63) is 84.0 Å². The largest absolute Gasteiger partial charge is 0.497 e. The molecule has 4 heterocycles. The molecule has 5 N–H and O–H groups in total. The monoisotopic (exact) mass is 1100 g/mol. The summed E-state index contributed by atoms with van der Waals surface area (Å²) in [4.78, 5) is 21.7. The van der Waals surface area contributed by atoms with Crippen molar-refractivity contribution in [2.24, 2.45) is 0 Å². The smallest absolute Gasteiger partial charge is 0.330 e. The van der Waals surface area contributed by atoms with Gasteiger partial charge in [0, 0.05) is 6.08 Å². The number of esters is 1. The SMILES string of the molecule is CCSC(C[C@H](O)[C@H]1COC(C)(C)O1)SCC.COC(=O)/C=C/C[C@H](OCc1ccc(OC)cc1)[C@H]1COC(C)(C)O1.COc1ccc(CO[C@@H](C/C=C/C=O)[C@H]2COC(C)(C)O2)cc1.OC1OC[C@@H](O)[C@@H](O)[C@@H]1O. The summed E-state index contributed by atoms with van der Waals surface area (Å²) in [5, 5.41) is 45.4. The standard InChI is InChI=1S/C19H26O6.C18H24O5.C12H24O3S2.C5H10O5/c1-19(2)24-13-17(25-19)16(6-5-7-18(20)22-4)23-12-14-8-10-15(21-3)11-9-14;1-18(2)22-13-17(23-18)16(6-4-5-11-19)21-12-14-7-9-15(20-3)10-8-14;1-5-16-11(17-6-2)7-9(13)10-8-14-12(3,4)15-10;6-2-1-10-5(9)4(8)3(2)7/h5,7-11,16-17H,6,12-13H2,1-4H3;4-5,7-11,16-17H,6,12-13H2,1-3H3;9-11,13H,5-8H2,1-4H3;2-9H,1H2/b7-5+;5-4+;;/t2*16-,17+;9-,10+;2-,3-,4+,5?/m0001/s1. The molecule has 0 aliphatic carbocycles. The summed E-state index contributed by atoms with van der Waals surface area (Å²) >= 11 is 3.79. The zero-order chi connectivity index (χ0) is 55.6. The first kappa shape index (κ1) is 66.1. The number of carbonyl (C=O) groups excluding carboxylic acids is 2. The zero-order valence-electron chi connectivity index (χ0n) is 45.4. The number of carbonyl (C=O) groups is 2. The second-order valence-corrected chi connectivity index (χ2v) is 22.1. The number of hydrogen-bond donors (Lipinski definition) is 5. The van der Waals surface area contributed by atoms with E-state index in [0.717, 1.165) is 46.8 Å². The summed E-state index contributed by atoms with van der Waals surface area (Å²) in [7, 11) is 4.62. The van der Waals surface area contributed by atoms with Gasteiger partial charge in [0.05, 0.1) is 83.9 Å². The van der Waals surface area contributed by atoms with Crippen molar-refractivity contribution < 1.29 is 92.0 Å². The lowest BCUT2D eigenvalue weighted by Crippen LogP contribution is -2.52. The number of rotatable bonds is 23. The molecule has 4 aliphatic rings. The maximum absolute atomic E-state index is 11.2. The van der Waals surface area contributed by atoms with Gasteiger partial charge in [0.1, 0.15) is 54.4 Å². The predicted molar refractivity (Wildman–Crippen MR) is 284 cm³/mol. The molecule has 4 saturated heterocycles. The molecule has 0 amide bonds. The van der Waals surface area contributed by atoms with Crippen LogP contribution in [0.2, 0.25) is 0 Å². The average molecular weight is 1100 g/mol. The molecule has 10 atom stereocenters. The van der Waals surface area contributed by atoms with Crippen LogP contribution in [0.1, 0.15) is 85.8 Å². The van der Waals surface area contributed by atoms with Crippen LogP contribution in [0.5, 0.6) is 11.5 Å². The molecule has 426 valence electrons. The molecule has 1 unspecified atom stereocenters. The third-order valence-corrected chi connectivity index (χ3v) is 14.2. The molecule has 2 aromatic rings. The molecule has 4 fully saturated rings. The van der Waals surface area contributed by atoms with Gasteiger partial charge in [0.25, 0.3) is 0 Å². The number of aldehydes is 1. The molecular formula is C54H84O19S2. The number of aliphatic hydroxyl groups excluding tert-OH is 5. The molecule has 0 aromatic heterocycles. The number of allylic oxidation sites excluding steroid dienone is 1. The number of thioether (sulfide) groups is 2. The van der Waals surface area contributed by atoms with Crippen LogP contribution in [0.25, 0.3) is 0 Å². The minimum absolute atomic E-state index is 0.153. The van der Waals surface area contributed by atoms with Crippen molar-refractivity contribution in [3.63, 3.8) is 0 Å². The Hall–Kier alpha value is -3.20. The van der Waals surface area contributed by atoms with Gasteiger partial charge >= 0.3 is 5.97 Å². The van der Waals surface area contributed by atoms with Crippen LogP contribution in [0.3, 0.4) is 0 Å². The van der Waals surface area contributed by atoms with Gasteiger partial charge in [-0.15, -0.1) is 23.5 Å². The van der Waals surface area contributed by atoms with Crippen molar-refractivity contribution in [1.29, 1.82) is 0 Å². The van der Waals surface area contributed by atoms with Gasteiger partial charge in [-0.05, 0) is 114 Å². The molecule has 75 heavy (non-hydrogen) atoms. The maximum Gasteiger partial charge on any atom is 0.330 e. The molecule has 0 radical (unpaired) electrons. The predicted octanol–water partition coefficient (Wildman–Crippen LogP) is 5.87. The molecule has 0 spiro atoms. The molecule has 6 rings (SSSR count). The van der Waals surface area contributed by atoms with Gasteiger partial charge in [-0.3, -0.25) is 4.79 Å². The molecular weight excluding hydrogens is 1020 g/mol. The minimum Gasteiger partial charge on any atom is -0.497 e. The van der Waals surface area contributed by atoms with Gasteiger partial charge < -0.3 is 82.4 Å². The molecule has 19 nitrogen and oxygen atoms in total. The van der Waals surface area contributed by atoms with Crippen molar-refractivity contribution in [2.45, 2.75) is 171 Å². The topological polar surface area (TPSA) is 246 Å². The van der Waals surface area contributed by atoms with Crippen molar-refractivity contribution in [1.82, 2.24) is 0 Å². The highest BCUT2D eigenvalue weighted by Gasteiger charge is 2.40. The van der Waals surface area contributed by atoms with Gasteiger partial charge in [-0.2, -0.15) is 0 Å². The van der Waals surface area contributed by atoms with Gasteiger partial charge in [0.2, 0.25) is 0 Å². The van der Waals surface area contributed by atoms with E-state index in [0.29, 0.717) is 50.5 Å². The quantitative estimate of drug-likeness (QED) is 0.0378. The fourth-order valence-electron chi connectivity index (χ4n) is 7.54. The lowest BCUT2D eigenvalue weighted by atomic mass is 10.1. The molecule has 2 aromatic carbocycles. The third-order valence-electron chi connectivity index (χ3n) is 11.6. The third kappa shape index (κ3) is 25.0. The second kappa shape index (κ2) is 33.9. The van der Waals surface area contributed by atoms with Crippen molar-refractivity contribution in [3.8, 4) is 11.5 Å². The Balaban J connectivity index is 0.000000275. The summed E-state index contributed by atoms with van der Waals surface area (Å²) in [6.07, 6.45) is 2.45. The van der Waals surface area contributed by atoms with Crippen LogP contribution in [-0.2, 0) is 70.2 Å². The van der Waals surface area contributed by atoms with E-state index in [2.05, 4.69) is 23.3 Å². The van der Waals surface area contributed by atoms with Crippen LogP contribution in [0, 0.1) is 0 Å². The number of ether oxygens (including phenoxy) is 12. The first-order valence-electron chi connectivity index (χ1n) is 25.1. The lowest BCUT2D eigenvalue weighted by Gasteiger charge is -2.31. The minimum atomic E-state index is -1.41. The summed E-state index contributed by atoms with van der Waals surface area (Å²) in [5.41, 5.74) is 2.08. The molecule has 21 heteroatoms. The van der Waals surface area contributed by atoms with E-state index in [1.54, 1.807) is 26.4 Å². The Kier molecular flexibility index (Phi) is 29.9. The van der Waals surface area contributed by atoms with E-state index in [9.17, 15) is 14.7 Å². The zero-order valence-corrected chi connectivity index (χ0v) is 47.0. The Morgan fingerprint density at radius 2 is 1.11 bits per heavy atom. The number of benzene rings is 2. The van der Waals surface area contributed by atoms with Crippen LogP contribution >= 0.6 is 23.5 Å². The first-order chi connectivity index (χ1) is 35.6.